The highest BCUT2D eigenvalue weighted by Gasteiger charge is 2.52. The Morgan fingerprint density at radius 2 is 1.63 bits per heavy atom. The molecule has 1 unspecified atom stereocenters. The molecule has 0 radical (unpaired) electrons. The molecule has 6 nitrogen and oxygen atoms in total. The molecule has 3 fully saturated rings. The van der Waals surface area contributed by atoms with E-state index in [2.05, 4.69) is 39.2 Å². The van der Waals surface area contributed by atoms with Gasteiger partial charge in [-0.1, -0.05) is 60.7 Å². The summed E-state index contributed by atoms with van der Waals surface area (Å²) in [6.07, 6.45) is -3.94. The zero-order valence-corrected chi connectivity index (χ0v) is 24.9. The maximum absolute atomic E-state index is 13.8. The third kappa shape index (κ3) is 6.83. The maximum Gasteiger partial charge on any atom is 0.573 e. The van der Waals surface area contributed by atoms with Gasteiger partial charge in [0.2, 0.25) is 5.91 Å². The lowest BCUT2D eigenvalue weighted by molar-refractivity contribution is -0.274. The van der Waals surface area contributed by atoms with Crippen LogP contribution in [0.5, 0.6) is 11.5 Å². The van der Waals surface area contributed by atoms with Crippen LogP contribution < -0.4 is 14.8 Å². The van der Waals surface area contributed by atoms with Crippen LogP contribution in [0.2, 0.25) is 0 Å². The average Bonchev–Trinajstić information content (AvgIpc) is 3.01. The summed E-state index contributed by atoms with van der Waals surface area (Å²) in [5, 5.41) is 3.73. The van der Waals surface area contributed by atoms with E-state index in [0.717, 1.165) is 13.0 Å². The molecule has 3 heterocycles. The second-order valence-corrected chi connectivity index (χ2v) is 11.3. The molecular formula is C34H40F3N3O3. The Balaban J connectivity index is 1.54. The highest BCUT2D eigenvalue weighted by atomic mass is 19.4. The minimum absolute atomic E-state index is 0.0184. The predicted molar refractivity (Wildman–Crippen MR) is 160 cm³/mol. The maximum atomic E-state index is 13.8. The molecule has 3 aromatic carbocycles. The molecule has 2 bridgehead atoms. The summed E-state index contributed by atoms with van der Waals surface area (Å²) in [5.41, 5.74) is 2.92. The number of piperidine rings is 3. The molecule has 5 atom stereocenters. The first-order chi connectivity index (χ1) is 20.7. The highest BCUT2D eigenvalue weighted by Crippen LogP contribution is 2.45. The van der Waals surface area contributed by atoms with Gasteiger partial charge in [0.25, 0.3) is 0 Å². The van der Waals surface area contributed by atoms with Gasteiger partial charge in [0.15, 0.2) is 0 Å². The lowest BCUT2D eigenvalue weighted by Crippen LogP contribution is -2.69. The molecule has 3 aliphatic rings. The molecule has 3 aliphatic heterocycles. The first-order valence-electron chi connectivity index (χ1n) is 15.0. The number of nitrogens with one attached hydrogen (secondary N) is 1. The zero-order valence-electron chi connectivity index (χ0n) is 24.9. The van der Waals surface area contributed by atoms with Crippen molar-refractivity contribution in [2.45, 2.75) is 51.2 Å². The van der Waals surface area contributed by atoms with Crippen LogP contribution in [0.1, 0.15) is 42.9 Å². The van der Waals surface area contributed by atoms with Gasteiger partial charge >= 0.3 is 6.36 Å². The molecule has 6 rings (SSSR count). The van der Waals surface area contributed by atoms with Gasteiger partial charge in [-0.15, -0.1) is 13.2 Å². The SMILES string of the molecule is CCN(CC)C(=O)[C@H]1CN2CC[C@@H]1[C@H](NCc1cc(OC(F)(F)F)ccc1OC)[C@@H]2C(c1ccccc1)c1ccccc1. The molecule has 43 heavy (non-hydrogen) atoms. The number of rotatable bonds is 11. The number of halogens is 3. The summed E-state index contributed by atoms with van der Waals surface area (Å²) < 4.78 is 48.8. The molecule has 9 heteroatoms. The van der Waals surface area contributed by atoms with E-state index < -0.39 is 6.36 Å². The minimum atomic E-state index is -4.79. The zero-order chi connectivity index (χ0) is 30.6. The van der Waals surface area contributed by atoms with E-state index in [1.807, 2.05) is 55.1 Å². The Bertz CT molecular complexity index is 1310. The van der Waals surface area contributed by atoms with E-state index in [1.54, 1.807) is 0 Å². The molecule has 230 valence electrons. The predicted octanol–water partition coefficient (Wildman–Crippen LogP) is 6.07. The van der Waals surface area contributed by atoms with Gasteiger partial charge in [-0.2, -0.15) is 0 Å². The van der Waals surface area contributed by atoms with Gasteiger partial charge in [-0.05, 0) is 62.1 Å². The number of benzene rings is 3. The molecule has 1 N–H and O–H groups in total. The summed E-state index contributed by atoms with van der Waals surface area (Å²) in [7, 11) is 1.50. The topological polar surface area (TPSA) is 54.0 Å². The molecule has 1 amide bonds. The van der Waals surface area contributed by atoms with Crippen LogP contribution >= 0.6 is 0 Å². The van der Waals surface area contributed by atoms with Gasteiger partial charge in [0, 0.05) is 49.7 Å². The number of nitrogens with zero attached hydrogens (tertiary/aromatic N) is 2. The largest absolute Gasteiger partial charge is 0.573 e. The fourth-order valence-electron chi connectivity index (χ4n) is 7.12. The number of hydrogen-bond donors (Lipinski definition) is 1. The van der Waals surface area contributed by atoms with Gasteiger partial charge in [0.1, 0.15) is 11.5 Å². The van der Waals surface area contributed by atoms with Crippen LogP contribution in [-0.4, -0.2) is 67.4 Å². The van der Waals surface area contributed by atoms with Crippen molar-refractivity contribution in [3.05, 3.63) is 95.6 Å². The fraction of sp³-hybridized carbons (Fsp3) is 0.441. The number of methoxy groups -OCH3 is 1. The number of alkyl halides is 3. The van der Waals surface area contributed by atoms with Crippen molar-refractivity contribution in [1.29, 1.82) is 0 Å². The fourth-order valence-corrected chi connectivity index (χ4v) is 7.12. The minimum Gasteiger partial charge on any atom is -0.496 e. The summed E-state index contributed by atoms with van der Waals surface area (Å²) in [6, 6.07) is 24.8. The molecule has 0 aliphatic carbocycles. The molecule has 0 aromatic heterocycles. The van der Waals surface area contributed by atoms with E-state index in [0.29, 0.717) is 30.9 Å². The number of fused-ring (bicyclic) bond motifs is 3. The van der Waals surface area contributed by atoms with Crippen molar-refractivity contribution in [2.75, 3.05) is 33.3 Å². The normalized spacial score (nSPS) is 23.3. The van der Waals surface area contributed by atoms with Crippen LogP contribution in [0, 0.1) is 11.8 Å². The van der Waals surface area contributed by atoms with Gasteiger partial charge in [-0.3, -0.25) is 9.69 Å². The van der Waals surface area contributed by atoms with Crippen LogP contribution in [-0.2, 0) is 11.3 Å². The Kier molecular flexibility index (Phi) is 9.62. The molecule has 3 aromatic rings. The average molecular weight is 596 g/mol. The standard InChI is InChI=1S/C34H40F3N3O3/c1-4-39(5-2)33(41)28-22-40-19-18-27(28)31(38-21-25-20-26(43-34(35,36)37)16-17-29(25)42-3)32(40)30(23-12-8-6-9-13-23)24-14-10-7-11-15-24/h6-17,20,27-28,30-32,38H,4-5,18-19,21-22H2,1-3H3/t27-,28-,31-,32-/m0/s1. The second kappa shape index (κ2) is 13.4. The third-order valence-corrected chi connectivity index (χ3v) is 9.01. The van der Waals surface area contributed by atoms with Crippen molar-refractivity contribution in [3.8, 4) is 11.5 Å². The second-order valence-electron chi connectivity index (χ2n) is 11.3. The van der Waals surface area contributed by atoms with Gasteiger partial charge < -0.3 is 19.7 Å². The number of carbonyl (C=O) groups excluding carboxylic acids is 1. The summed E-state index contributed by atoms with van der Waals surface area (Å²) in [4.78, 5) is 18.2. The van der Waals surface area contributed by atoms with Crippen LogP contribution in [0.15, 0.2) is 78.9 Å². The molecule has 3 saturated heterocycles. The lowest BCUT2D eigenvalue weighted by Gasteiger charge is -2.57. The van der Waals surface area contributed by atoms with Crippen molar-refractivity contribution in [3.63, 3.8) is 0 Å². The van der Waals surface area contributed by atoms with Crippen LogP contribution in [0.3, 0.4) is 0 Å². The summed E-state index contributed by atoms with van der Waals surface area (Å²) in [5.74, 6) is 0.248. The molecule has 0 saturated carbocycles. The quantitative estimate of drug-likeness (QED) is 0.292. The number of ether oxygens (including phenoxy) is 2. The Morgan fingerprint density at radius 1 is 1.00 bits per heavy atom. The van der Waals surface area contributed by atoms with Crippen molar-refractivity contribution < 1.29 is 27.4 Å². The van der Waals surface area contributed by atoms with Crippen molar-refractivity contribution >= 4 is 5.91 Å². The van der Waals surface area contributed by atoms with Crippen LogP contribution in [0.25, 0.3) is 0 Å². The smallest absolute Gasteiger partial charge is 0.496 e. The molecular weight excluding hydrogens is 555 g/mol. The summed E-state index contributed by atoms with van der Waals surface area (Å²) >= 11 is 0. The first-order valence-corrected chi connectivity index (χ1v) is 15.0. The highest BCUT2D eigenvalue weighted by molar-refractivity contribution is 5.80. The van der Waals surface area contributed by atoms with Crippen molar-refractivity contribution in [1.82, 2.24) is 15.1 Å². The number of hydrogen-bond acceptors (Lipinski definition) is 5. The van der Waals surface area contributed by atoms with Crippen LogP contribution in [0.4, 0.5) is 13.2 Å². The van der Waals surface area contributed by atoms with Gasteiger partial charge in [-0.25, -0.2) is 0 Å². The van der Waals surface area contributed by atoms with E-state index in [4.69, 9.17) is 4.74 Å². The Labute approximate surface area is 251 Å². The van der Waals surface area contributed by atoms with Crippen molar-refractivity contribution in [2.24, 2.45) is 11.8 Å². The Hall–Kier alpha value is -3.56. The third-order valence-electron chi connectivity index (χ3n) is 9.01. The lowest BCUT2D eigenvalue weighted by atomic mass is 9.66. The van der Waals surface area contributed by atoms with E-state index >= 15 is 0 Å². The summed E-state index contributed by atoms with van der Waals surface area (Å²) in [6.45, 7) is 7.13. The Morgan fingerprint density at radius 3 is 2.19 bits per heavy atom. The molecule has 0 spiro atoms. The monoisotopic (exact) mass is 595 g/mol. The van der Waals surface area contributed by atoms with Gasteiger partial charge in [0.05, 0.1) is 13.0 Å². The first kappa shape index (κ1) is 30.9. The van der Waals surface area contributed by atoms with E-state index in [-0.39, 0.29) is 48.0 Å². The number of amides is 1. The van der Waals surface area contributed by atoms with E-state index in [9.17, 15) is 18.0 Å². The number of carbonyl (C=O) groups is 1. The van der Waals surface area contributed by atoms with E-state index in [1.165, 1.54) is 36.4 Å².